The number of benzene rings is 2. The number of fused-ring (bicyclic) bond motifs is 3. The van der Waals surface area contributed by atoms with Gasteiger partial charge in [-0.15, -0.1) is 0 Å². The summed E-state index contributed by atoms with van der Waals surface area (Å²) in [6.07, 6.45) is 5.61. The second-order valence-electron chi connectivity index (χ2n) is 8.19. The van der Waals surface area contributed by atoms with E-state index in [1.807, 2.05) is 42.5 Å². The molecule has 3 aromatic rings. The van der Waals surface area contributed by atoms with Crippen LogP contribution in [0.2, 0.25) is 0 Å². The second kappa shape index (κ2) is 9.29. The zero-order valence-electron chi connectivity index (χ0n) is 19.6. The molecular weight excluding hydrogens is 420 g/mol. The summed E-state index contributed by atoms with van der Waals surface area (Å²) < 4.78 is 10.8. The Hall–Kier alpha value is -4.29. The topological polar surface area (TPSA) is 35.5 Å². The van der Waals surface area contributed by atoms with E-state index in [0.717, 1.165) is 39.1 Å². The number of rotatable bonds is 7. The van der Waals surface area contributed by atoms with Crippen LogP contribution in [-0.4, -0.2) is 13.1 Å². The lowest BCUT2D eigenvalue weighted by atomic mass is 9.67. The minimum Gasteiger partial charge on any atom is -0.497 e. The molecule has 4 rings (SSSR count). The molecule has 1 aliphatic rings. The van der Waals surface area contributed by atoms with Gasteiger partial charge in [0.05, 0.1) is 12.5 Å². The van der Waals surface area contributed by atoms with Crippen LogP contribution in [0, 0.1) is 12.1 Å². The van der Waals surface area contributed by atoms with E-state index in [1.54, 1.807) is 27.0 Å². The summed E-state index contributed by atoms with van der Waals surface area (Å²) in [5.74, 6) is 0.801. The van der Waals surface area contributed by atoms with E-state index in [4.69, 9.17) is 9.47 Å². The molecule has 0 spiro atoms. The van der Waals surface area contributed by atoms with Crippen LogP contribution in [0.25, 0.3) is 11.1 Å². The van der Waals surface area contributed by atoms with E-state index in [2.05, 4.69) is 55.6 Å². The first-order valence-electron chi connectivity index (χ1n) is 11.0. The van der Waals surface area contributed by atoms with Gasteiger partial charge in [0.2, 0.25) is 0 Å². The highest BCUT2D eigenvalue weighted by Crippen LogP contribution is 2.56. The Morgan fingerprint density at radius 2 is 1.74 bits per heavy atom. The highest BCUT2D eigenvalue weighted by Gasteiger charge is 2.46. The molecule has 0 fully saturated rings. The molecule has 0 heterocycles. The Balaban J connectivity index is 1.99. The molecule has 3 aromatic carbocycles. The van der Waals surface area contributed by atoms with E-state index in [-0.39, 0.29) is 0 Å². The zero-order valence-corrected chi connectivity index (χ0v) is 19.6. The first kappa shape index (κ1) is 22.9. The van der Waals surface area contributed by atoms with Crippen LogP contribution in [0.4, 0.5) is 0 Å². The molecule has 1 unspecified atom stereocenters. The second-order valence-corrected chi connectivity index (χ2v) is 8.19. The fourth-order valence-electron chi connectivity index (χ4n) is 4.54. The van der Waals surface area contributed by atoms with Crippen molar-refractivity contribution >= 4 is 5.97 Å². The molecular formula is C31H26O3. The van der Waals surface area contributed by atoms with Gasteiger partial charge in [0.1, 0.15) is 11.5 Å². The van der Waals surface area contributed by atoms with E-state index in [9.17, 15) is 4.79 Å². The van der Waals surface area contributed by atoms with Gasteiger partial charge in [-0.05, 0) is 72.0 Å². The van der Waals surface area contributed by atoms with E-state index in [0.29, 0.717) is 11.3 Å². The van der Waals surface area contributed by atoms with Gasteiger partial charge in [0, 0.05) is 11.1 Å². The molecule has 0 amide bonds. The normalized spacial score (nSPS) is 13.9. The summed E-state index contributed by atoms with van der Waals surface area (Å²) in [7, 11) is 1.66. The van der Waals surface area contributed by atoms with Crippen molar-refractivity contribution in [3.05, 3.63) is 138 Å². The molecule has 3 nitrogen and oxygen atoms in total. The molecule has 0 aliphatic heterocycles. The van der Waals surface area contributed by atoms with Crippen LogP contribution >= 0.6 is 0 Å². The molecule has 0 aromatic heterocycles. The highest BCUT2D eigenvalue weighted by atomic mass is 16.5. The van der Waals surface area contributed by atoms with Crippen LogP contribution < -0.4 is 4.74 Å². The maximum Gasteiger partial charge on any atom is 0.338 e. The SMILES string of the molecule is C=C/C(=C\C=C(/C)OC(=O)C(=C)C)C1(c2ccc(OC)cc2)c2ccc#cc2-c2ccccc21. The predicted octanol–water partition coefficient (Wildman–Crippen LogP) is 6.75. The number of hydrogen-bond donors (Lipinski definition) is 0. The summed E-state index contributed by atoms with van der Waals surface area (Å²) >= 11 is 0. The number of allylic oxidation sites excluding steroid dienone is 5. The van der Waals surface area contributed by atoms with Crippen molar-refractivity contribution < 1.29 is 14.3 Å². The maximum absolute atomic E-state index is 12.0. The Labute approximate surface area is 201 Å². The van der Waals surface area contributed by atoms with Crippen molar-refractivity contribution in [2.75, 3.05) is 7.11 Å². The summed E-state index contributed by atoms with van der Waals surface area (Å²) in [4.78, 5) is 12.0. The number of carbonyl (C=O) groups excluding carboxylic acids is 1. The van der Waals surface area contributed by atoms with Crippen molar-refractivity contribution in [2.45, 2.75) is 19.3 Å². The Morgan fingerprint density at radius 3 is 2.41 bits per heavy atom. The third-order valence-corrected chi connectivity index (χ3v) is 6.08. The van der Waals surface area contributed by atoms with Crippen molar-refractivity contribution in [2.24, 2.45) is 0 Å². The first-order chi connectivity index (χ1) is 16.4. The van der Waals surface area contributed by atoms with Crippen molar-refractivity contribution in [1.82, 2.24) is 0 Å². The number of methoxy groups -OCH3 is 1. The molecule has 168 valence electrons. The average molecular weight is 447 g/mol. The van der Waals surface area contributed by atoms with Crippen LogP contribution in [0.3, 0.4) is 0 Å². The molecule has 1 aliphatic carbocycles. The third kappa shape index (κ3) is 3.74. The van der Waals surface area contributed by atoms with Gasteiger partial charge in [0.25, 0.3) is 0 Å². The lowest BCUT2D eigenvalue weighted by Gasteiger charge is -2.34. The van der Waals surface area contributed by atoms with Gasteiger partial charge in [0.15, 0.2) is 0 Å². The van der Waals surface area contributed by atoms with Gasteiger partial charge >= 0.3 is 5.97 Å². The summed E-state index contributed by atoms with van der Waals surface area (Å²) in [5, 5.41) is 0. The Morgan fingerprint density at radius 1 is 1.00 bits per heavy atom. The third-order valence-electron chi connectivity index (χ3n) is 6.08. The lowest BCUT2D eigenvalue weighted by Crippen LogP contribution is -2.29. The largest absolute Gasteiger partial charge is 0.497 e. The molecule has 0 radical (unpaired) electrons. The number of ether oxygens (including phenoxy) is 2. The van der Waals surface area contributed by atoms with Crippen molar-refractivity contribution in [3.63, 3.8) is 0 Å². The van der Waals surface area contributed by atoms with Crippen LogP contribution in [-0.2, 0) is 14.9 Å². The number of esters is 1. The molecule has 1 atom stereocenters. The summed E-state index contributed by atoms with van der Waals surface area (Å²) in [6, 6.07) is 26.8. The van der Waals surface area contributed by atoms with Gasteiger partial charge in [-0.1, -0.05) is 73.8 Å². The predicted molar refractivity (Wildman–Crippen MR) is 135 cm³/mol. The molecule has 0 saturated carbocycles. The lowest BCUT2D eigenvalue weighted by molar-refractivity contribution is -0.134. The fraction of sp³-hybridized carbons (Fsp3) is 0.129. The van der Waals surface area contributed by atoms with Crippen LogP contribution in [0.15, 0.2) is 109 Å². The van der Waals surface area contributed by atoms with Crippen molar-refractivity contribution in [3.8, 4) is 16.9 Å². The summed E-state index contributed by atoms with van der Waals surface area (Å²) in [6.45, 7) is 11.2. The molecule has 0 saturated heterocycles. The monoisotopic (exact) mass is 446 g/mol. The minimum atomic E-state index is -0.638. The molecule has 3 heteroatoms. The Bertz CT molecular complexity index is 1280. The molecule has 0 N–H and O–H groups in total. The van der Waals surface area contributed by atoms with Gasteiger partial charge < -0.3 is 9.47 Å². The standard InChI is InChI=1S/C31H26O3/c1-6-23(16-15-22(4)34-30(32)21(2)3)31(24-17-19-25(33-5)20-18-24)28-13-9-7-11-26(28)27-12-8-10-14-29(27)31/h6-7,9-11,13-20H,1-2H2,3-5H3/b22-15+,23-16+. The fourth-order valence-corrected chi connectivity index (χ4v) is 4.54. The first-order valence-corrected chi connectivity index (χ1v) is 11.0. The summed E-state index contributed by atoms with van der Waals surface area (Å²) in [5.41, 5.74) is 6.05. The van der Waals surface area contributed by atoms with E-state index < -0.39 is 11.4 Å². The maximum atomic E-state index is 12.0. The van der Waals surface area contributed by atoms with E-state index in [1.165, 1.54) is 0 Å². The number of hydrogen-bond acceptors (Lipinski definition) is 3. The molecule has 34 heavy (non-hydrogen) atoms. The van der Waals surface area contributed by atoms with E-state index >= 15 is 0 Å². The van der Waals surface area contributed by atoms with Gasteiger partial charge in [-0.3, -0.25) is 0 Å². The smallest absolute Gasteiger partial charge is 0.338 e. The van der Waals surface area contributed by atoms with Crippen molar-refractivity contribution in [1.29, 1.82) is 0 Å². The quantitative estimate of drug-likeness (QED) is 0.174. The highest BCUT2D eigenvalue weighted by molar-refractivity contribution is 5.88. The van der Waals surface area contributed by atoms with Crippen LogP contribution in [0.5, 0.6) is 5.75 Å². The average Bonchev–Trinajstić information content (AvgIpc) is 3.16. The minimum absolute atomic E-state index is 0.348. The van der Waals surface area contributed by atoms with Gasteiger partial charge in [-0.25, -0.2) is 4.79 Å². The van der Waals surface area contributed by atoms with Crippen LogP contribution in [0.1, 0.15) is 30.5 Å². The molecule has 0 bridgehead atoms. The zero-order chi connectivity index (χ0) is 24.3. The Kier molecular flexibility index (Phi) is 6.25. The number of carbonyl (C=O) groups is 1. The van der Waals surface area contributed by atoms with Gasteiger partial charge in [-0.2, -0.15) is 0 Å².